The number of nitrogens with zero attached hydrogens (tertiary/aromatic N) is 1. The summed E-state index contributed by atoms with van der Waals surface area (Å²) in [6.45, 7) is 5.17. The van der Waals surface area contributed by atoms with Crippen LogP contribution in [0.25, 0.3) is 0 Å². The Morgan fingerprint density at radius 1 is 1.35 bits per heavy atom. The fourth-order valence-corrected chi connectivity index (χ4v) is 2.89. The Kier molecular flexibility index (Phi) is 5.38. The number of rotatable bonds is 4. The summed E-state index contributed by atoms with van der Waals surface area (Å²) < 4.78 is 0. The van der Waals surface area contributed by atoms with Crippen LogP contribution in [0.1, 0.15) is 24.5 Å². The van der Waals surface area contributed by atoms with E-state index in [1.165, 1.54) is 6.92 Å². The first-order valence-corrected chi connectivity index (χ1v) is 7.92. The number of carbonyl (C=O) groups excluding carboxylic acids is 3. The molecule has 0 saturated carbocycles. The summed E-state index contributed by atoms with van der Waals surface area (Å²) in [4.78, 5) is 34.8. The van der Waals surface area contributed by atoms with Crippen LogP contribution >= 0.6 is 11.8 Å². The average Bonchev–Trinajstić information content (AvgIpc) is 2.81. The van der Waals surface area contributed by atoms with Crippen LogP contribution < -0.4 is 16.1 Å². The lowest BCUT2D eigenvalue weighted by atomic mass is 10.1. The molecule has 23 heavy (non-hydrogen) atoms. The van der Waals surface area contributed by atoms with Crippen molar-refractivity contribution in [2.45, 2.75) is 32.4 Å². The Morgan fingerprint density at radius 2 is 2.09 bits per heavy atom. The molecule has 0 radical (unpaired) electrons. The van der Waals surface area contributed by atoms with Gasteiger partial charge < -0.3 is 10.6 Å². The molecule has 1 aromatic rings. The summed E-state index contributed by atoms with van der Waals surface area (Å²) in [6.07, 6.45) is 0.0307. The quantitative estimate of drug-likeness (QED) is 0.722. The lowest BCUT2D eigenvalue weighted by molar-refractivity contribution is -0.122. The van der Waals surface area contributed by atoms with E-state index >= 15 is 0 Å². The number of amides is 3. The number of amidine groups is 1. The summed E-state index contributed by atoms with van der Waals surface area (Å²) in [7, 11) is 0. The van der Waals surface area contributed by atoms with Gasteiger partial charge in [-0.15, -0.1) is 5.10 Å². The molecular formula is C15H18N4O3S. The highest BCUT2D eigenvalue weighted by Crippen LogP contribution is 2.23. The third-order valence-corrected chi connectivity index (χ3v) is 4.21. The van der Waals surface area contributed by atoms with Crippen LogP contribution in [-0.4, -0.2) is 28.1 Å². The second-order valence-corrected chi connectivity index (χ2v) is 6.44. The minimum absolute atomic E-state index is 0.0307. The van der Waals surface area contributed by atoms with Gasteiger partial charge in [-0.2, -0.15) is 0 Å². The van der Waals surface area contributed by atoms with Gasteiger partial charge in [-0.05, 0) is 31.0 Å². The van der Waals surface area contributed by atoms with Crippen molar-refractivity contribution in [2.24, 2.45) is 5.10 Å². The normalized spacial score (nSPS) is 18.7. The molecule has 0 spiro atoms. The average molecular weight is 334 g/mol. The first-order valence-electron chi connectivity index (χ1n) is 7.04. The maximum Gasteiger partial charge on any atom is 0.240 e. The van der Waals surface area contributed by atoms with E-state index in [4.69, 9.17) is 0 Å². The van der Waals surface area contributed by atoms with Crippen LogP contribution in [0.2, 0.25) is 0 Å². The van der Waals surface area contributed by atoms with Crippen molar-refractivity contribution in [2.75, 3.05) is 5.32 Å². The highest BCUT2D eigenvalue weighted by atomic mass is 32.2. The van der Waals surface area contributed by atoms with Crippen LogP contribution in [0.3, 0.4) is 0 Å². The first kappa shape index (κ1) is 17.0. The monoisotopic (exact) mass is 334 g/mol. The van der Waals surface area contributed by atoms with Crippen molar-refractivity contribution in [1.29, 1.82) is 0 Å². The smallest absolute Gasteiger partial charge is 0.240 e. The van der Waals surface area contributed by atoms with Gasteiger partial charge in [-0.1, -0.05) is 23.9 Å². The van der Waals surface area contributed by atoms with Crippen molar-refractivity contribution in [1.82, 2.24) is 10.7 Å². The van der Waals surface area contributed by atoms with Gasteiger partial charge in [-0.25, -0.2) is 5.43 Å². The number of hydrazone groups is 1. The van der Waals surface area contributed by atoms with Crippen LogP contribution in [0.4, 0.5) is 5.69 Å². The first-order chi connectivity index (χ1) is 10.8. The largest absolute Gasteiger partial charge is 0.326 e. The Labute approximate surface area is 138 Å². The Bertz CT molecular complexity index is 687. The number of benzene rings is 1. The molecule has 0 bridgehead atoms. The minimum Gasteiger partial charge on any atom is -0.326 e. The zero-order valence-corrected chi connectivity index (χ0v) is 13.9. The van der Waals surface area contributed by atoms with E-state index < -0.39 is 5.25 Å². The number of hydrogen-bond acceptors (Lipinski definition) is 5. The fraction of sp³-hybridized carbons (Fsp3) is 0.333. The topological polar surface area (TPSA) is 99.7 Å². The molecule has 7 nitrogen and oxygen atoms in total. The van der Waals surface area contributed by atoms with Gasteiger partial charge in [0.1, 0.15) is 5.25 Å². The molecule has 1 saturated heterocycles. The van der Waals surface area contributed by atoms with Crippen LogP contribution in [0, 0.1) is 13.8 Å². The van der Waals surface area contributed by atoms with E-state index in [1.54, 1.807) is 0 Å². The van der Waals surface area contributed by atoms with Gasteiger partial charge in [0, 0.05) is 19.0 Å². The van der Waals surface area contributed by atoms with E-state index in [-0.39, 0.29) is 29.3 Å². The minimum atomic E-state index is -0.562. The number of aryl methyl sites for hydroxylation is 2. The van der Waals surface area contributed by atoms with Gasteiger partial charge in [0.15, 0.2) is 5.17 Å². The van der Waals surface area contributed by atoms with E-state index in [0.717, 1.165) is 28.6 Å². The Hall–Kier alpha value is -2.35. The van der Waals surface area contributed by atoms with Gasteiger partial charge in [0.05, 0.1) is 0 Å². The SMILES string of the molecule is CC(=O)N/N=C1\NC(=O)[C@@H](CC(=O)Nc2cc(C)ccc2C)S1. The van der Waals surface area contributed by atoms with Crippen molar-refractivity contribution >= 4 is 40.3 Å². The van der Waals surface area contributed by atoms with Crippen LogP contribution in [0.15, 0.2) is 23.3 Å². The lowest BCUT2D eigenvalue weighted by Crippen LogP contribution is -2.29. The van der Waals surface area contributed by atoms with E-state index in [0.29, 0.717) is 0 Å². The highest BCUT2D eigenvalue weighted by Gasteiger charge is 2.32. The third kappa shape index (κ3) is 4.82. The van der Waals surface area contributed by atoms with Gasteiger partial charge >= 0.3 is 0 Å². The summed E-state index contributed by atoms with van der Waals surface area (Å²) >= 11 is 1.12. The maximum absolute atomic E-state index is 12.1. The lowest BCUT2D eigenvalue weighted by Gasteiger charge is -2.10. The molecule has 0 aromatic heterocycles. The van der Waals surface area contributed by atoms with Crippen molar-refractivity contribution in [3.8, 4) is 0 Å². The zero-order valence-electron chi connectivity index (χ0n) is 13.1. The molecule has 1 heterocycles. The fourth-order valence-electron chi connectivity index (χ4n) is 1.96. The predicted molar refractivity (Wildman–Crippen MR) is 89.9 cm³/mol. The number of hydrogen-bond donors (Lipinski definition) is 3. The molecular weight excluding hydrogens is 316 g/mol. The van der Waals surface area contributed by atoms with Gasteiger partial charge in [0.2, 0.25) is 17.7 Å². The molecule has 1 aromatic carbocycles. The molecule has 3 amide bonds. The number of nitrogens with one attached hydrogen (secondary N) is 3. The molecule has 1 aliphatic heterocycles. The van der Waals surface area contributed by atoms with Crippen LogP contribution in [-0.2, 0) is 14.4 Å². The van der Waals surface area contributed by atoms with Crippen molar-refractivity contribution in [3.05, 3.63) is 29.3 Å². The van der Waals surface area contributed by atoms with Gasteiger partial charge in [0.25, 0.3) is 0 Å². The third-order valence-electron chi connectivity index (χ3n) is 3.13. The summed E-state index contributed by atoms with van der Waals surface area (Å²) in [5.74, 6) is -0.870. The van der Waals surface area contributed by atoms with E-state index in [1.807, 2.05) is 32.0 Å². The molecule has 2 rings (SSSR count). The second-order valence-electron chi connectivity index (χ2n) is 5.25. The molecule has 1 fully saturated rings. The van der Waals surface area contributed by atoms with Crippen molar-refractivity contribution < 1.29 is 14.4 Å². The highest BCUT2D eigenvalue weighted by molar-refractivity contribution is 8.15. The van der Waals surface area contributed by atoms with Gasteiger partial charge in [-0.3, -0.25) is 14.4 Å². The second kappa shape index (κ2) is 7.28. The molecule has 3 N–H and O–H groups in total. The molecule has 1 aliphatic rings. The molecule has 0 unspecified atom stereocenters. The molecule has 0 aliphatic carbocycles. The standard InChI is InChI=1S/C15H18N4O3S/c1-8-4-5-9(2)11(6-8)16-13(21)7-12-14(22)17-15(23-12)19-18-10(3)20/h4-6,12H,7H2,1-3H3,(H,16,21)(H,18,20)(H,17,19,22)/t12-/m1/s1. The zero-order chi connectivity index (χ0) is 17.0. The molecule has 1 atom stereocenters. The number of thioether (sulfide) groups is 1. The van der Waals surface area contributed by atoms with Crippen LogP contribution in [0.5, 0.6) is 0 Å². The summed E-state index contributed by atoms with van der Waals surface area (Å²) in [6, 6.07) is 5.79. The Morgan fingerprint density at radius 3 is 2.78 bits per heavy atom. The number of carbonyl (C=O) groups is 3. The number of anilines is 1. The summed E-state index contributed by atoms with van der Waals surface area (Å²) in [5, 5.41) is 8.83. The molecule has 8 heteroatoms. The maximum atomic E-state index is 12.1. The Balaban J connectivity index is 1.95. The summed E-state index contributed by atoms with van der Waals surface area (Å²) in [5.41, 5.74) is 4.99. The predicted octanol–water partition coefficient (Wildman–Crippen LogP) is 1.27. The van der Waals surface area contributed by atoms with E-state index in [9.17, 15) is 14.4 Å². The van der Waals surface area contributed by atoms with Crippen molar-refractivity contribution in [3.63, 3.8) is 0 Å². The molecule has 122 valence electrons. The van der Waals surface area contributed by atoms with E-state index in [2.05, 4.69) is 21.2 Å².